The molecular formula is C15H21BrN2. The number of fused-ring (bicyclic) bond motifs is 1. The summed E-state index contributed by atoms with van der Waals surface area (Å²) < 4.78 is 1.29. The maximum Gasteiger partial charge on any atom is 0.0360 e. The highest BCUT2D eigenvalue weighted by atomic mass is 79.9. The smallest absolute Gasteiger partial charge is 0.0360 e. The summed E-state index contributed by atoms with van der Waals surface area (Å²) in [5, 5.41) is 3.51. The fraction of sp³-hybridized carbons (Fsp3) is 0.600. The summed E-state index contributed by atoms with van der Waals surface area (Å²) in [4.78, 5) is 2.70. The molecule has 1 aliphatic carbocycles. The van der Waals surface area contributed by atoms with Crippen LogP contribution < -0.4 is 5.32 Å². The highest BCUT2D eigenvalue weighted by molar-refractivity contribution is 9.10. The van der Waals surface area contributed by atoms with E-state index in [2.05, 4.69) is 58.2 Å². The minimum atomic E-state index is 0.257. The Morgan fingerprint density at radius 3 is 3.00 bits per heavy atom. The fourth-order valence-corrected chi connectivity index (χ4v) is 4.07. The Balaban J connectivity index is 1.94. The molecule has 18 heavy (non-hydrogen) atoms. The number of benzene rings is 1. The summed E-state index contributed by atoms with van der Waals surface area (Å²) in [5.74, 6) is 0. The first-order chi connectivity index (χ1) is 8.59. The molecule has 0 radical (unpaired) electrons. The molecule has 0 spiro atoms. The molecule has 1 atom stereocenters. The molecule has 2 nitrogen and oxygen atoms in total. The molecule has 1 aromatic rings. The highest BCUT2D eigenvalue weighted by Crippen LogP contribution is 2.41. The van der Waals surface area contributed by atoms with Crippen molar-refractivity contribution in [2.45, 2.75) is 38.3 Å². The van der Waals surface area contributed by atoms with E-state index in [9.17, 15) is 0 Å². The monoisotopic (exact) mass is 308 g/mol. The van der Waals surface area contributed by atoms with Crippen molar-refractivity contribution < 1.29 is 0 Å². The molecule has 1 heterocycles. The lowest BCUT2D eigenvalue weighted by Crippen LogP contribution is -2.58. The van der Waals surface area contributed by atoms with Crippen LogP contribution in [0.3, 0.4) is 0 Å². The first-order valence-electron chi connectivity index (χ1n) is 6.84. The van der Waals surface area contributed by atoms with E-state index in [-0.39, 0.29) is 5.54 Å². The maximum atomic E-state index is 3.70. The Morgan fingerprint density at radius 1 is 1.39 bits per heavy atom. The number of rotatable bonds is 1. The van der Waals surface area contributed by atoms with Gasteiger partial charge in [0.25, 0.3) is 0 Å². The second kappa shape index (κ2) is 4.62. The van der Waals surface area contributed by atoms with Crippen LogP contribution in [0.15, 0.2) is 22.7 Å². The van der Waals surface area contributed by atoms with Gasteiger partial charge in [-0.15, -0.1) is 0 Å². The third-order valence-corrected chi connectivity index (χ3v) is 5.17. The van der Waals surface area contributed by atoms with Crippen molar-refractivity contribution in [3.63, 3.8) is 0 Å². The lowest BCUT2D eigenvalue weighted by atomic mass is 9.95. The molecule has 1 aliphatic heterocycles. The summed E-state index contributed by atoms with van der Waals surface area (Å²) in [6, 6.07) is 7.27. The van der Waals surface area contributed by atoms with Gasteiger partial charge in [-0.3, -0.25) is 4.90 Å². The normalized spacial score (nSPS) is 27.2. The van der Waals surface area contributed by atoms with Crippen molar-refractivity contribution in [2.75, 3.05) is 19.6 Å². The molecule has 1 fully saturated rings. The Hall–Kier alpha value is -0.380. The van der Waals surface area contributed by atoms with Gasteiger partial charge in [-0.25, -0.2) is 0 Å². The molecule has 1 unspecified atom stereocenters. The summed E-state index contributed by atoms with van der Waals surface area (Å²) in [7, 11) is 0. The van der Waals surface area contributed by atoms with Crippen molar-refractivity contribution >= 4 is 15.9 Å². The Labute approximate surface area is 118 Å². The van der Waals surface area contributed by atoms with Crippen LogP contribution >= 0.6 is 15.9 Å². The van der Waals surface area contributed by atoms with Crippen molar-refractivity contribution in [1.82, 2.24) is 10.2 Å². The minimum Gasteiger partial charge on any atom is -0.314 e. The summed E-state index contributed by atoms with van der Waals surface area (Å²) >= 11 is 3.70. The van der Waals surface area contributed by atoms with Gasteiger partial charge in [-0.05, 0) is 43.9 Å². The maximum absolute atomic E-state index is 3.70. The zero-order valence-corrected chi connectivity index (χ0v) is 12.8. The van der Waals surface area contributed by atoms with Gasteiger partial charge < -0.3 is 5.32 Å². The van der Waals surface area contributed by atoms with Crippen molar-refractivity contribution in [3.05, 3.63) is 33.8 Å². The van der Waals surface area contributed by atoms with E-state index in [1.807, 2.05) is 0 Å². The predicted octanol–water partition coefficient (Wildman–Crippen LogP) is 3.12. The lowest BCUT2D eigenvalue weighted by Gasteiger charge is -2.46. The Kier molecular flexibility index (Phi) is 3.25. The van der Waals surface area contributed by atoms with Crippen LogP contribution in [0.25, 0.3) is 0 Å². The van der Waals surface area contributed by atoms with Crippen molar-refractivity contribution in [3.8, 4) is 0 Å². The van der Waals surface area contributed by atoms with Crippen LogP contribution in [0.2, 0.25) is 0 Å². The quantitative estimate of drug-likeness (QED) is 0.857. The average molecular weight is 309 g/mol. The number of piperazine rings is 1. The molecule has 1 N–H and O–H groups in total. The second-order valence-corrected chi connectivity index (χ2v) is 6.90. The molecule has 2 aliphatic rings. The van der Waals surface area contributed by atoms with E-state index in [1.54, 1.807) is 5.56 Å². The lowest BCUT2D eigenvalue weighted by molar-refractivity contribution is 0.0446. The number of nitrogens with one attached hydrogen (secondary N) is 1. The molecule has 0 bridgehead atoms. The second-order valence-electron chi connectivity index (χ2n) is 6.04. The zero-order valence-electron chi connectivity index (χ0n) is 11.2. The SMILES string of the molecule is CC1(C)CNCCN1C1CCc2c(Br)cccc21. The molecule has 1 aromatic carbocycles. The fourth-order valence-electron chi connectivity index (χ4n) is 3.49. The third-order valence-electron chi connectivity index (χ3n) is 4.42. The van der Waals surface area contributed by atoms with E-state index in [4.69, 9.17) is 0 Å². The first-order valence-corrected chi connectivity index (χ1v) is 7.64. The molecule has 3 rings (SSSR count). The third kappa shape index (κ3) is 2.02. The van der Waals surface area contributed by atoms with E-state index >= 15 is 0 Å². The van der Waals surface area contributed by atoms with Crippen LogP contribution in [-0.4, -0.2) is 30.1 Å². The topological polar surface area (TPSA) is 15.3 Å². The number of hydrogen-bond donors (Lipinski definition) is 1. The summed E-state index contributed by atoms with van der Waals surface area (Å²) in [6.07, 6.45) is 2.48. The van der Waals surface area contributed by atoms with Gasteiger partial charge in [0.1, 0.15) is 0 Å². The molecule has 0 amide bonds. The molecule has 0 aromatic heterocycles. The summed E-state index contributed by atoms with van der Waals surface area (Å²) in [6.45, 7) is 8.07. The van der Waals surface area contributed by atoms with Crippen LogP contribution in [0.1, 0.15) is 37.4 Å². The van der Waals surface area contributed by atoms with Gasteiger partial charge >= 0.3 is 0 Å². The van der Waals surface area contributed by atoms with Gasteiger partial charge in [-0.2, -0.15) is 0 Å². The summed E-state index contributed by atoms with van der Waals surface area (Å²) in [5.41, 5.74) is 3.32. The Morgan fingerprint density at radius 2 is 2.22 bits per heavy atom. The highest BCUT2D eigenvalue weighted by Gasteiger charge is 2.38. The van der Waals surface area contributed by atoms with Crippen LogP contribution in [-0.2, 0) is 6.42 Å². The van der Waals surface area contributed by atoms with E-state index in [0.29, 0.717) is 6.04 Å². The van der Waals surface area contributed by atoms with Crippen LogP contribution in [0, 0.1) is 0 Å². The van der Waals surface area contributed by atoms with Crippen molar-refractivity contribution in [1.29, 1.82) is 0 Å². The van der Waals surface area contributed by atoms with Gasteiger partial charge in [0.2, 0.25) is 0 Å². The van der Waals surface area contributed by atoms with E-state index in [0.717, 1.165) is 19.6 Å². The van der Waals surface area contributed by atoms with Gasteiger partial charge in [0, 0.05) is 35.7 Å². The average Bonchev–Trinajstić information content (AvgIpc) is 2.74. The van der Waals surface area contributed by atoms with Crippen LogP contribution in [0.4, 0.5) is 0 Å². The number of hydrogen-bond acceptors (Lipinski definition) is 2. The largest absolute Gasteiger partial charge is 0.314 e. The standard InChI is InChI=1S/C15H21BrN2/c1-15(2)10-17-8-9-18(15)14-7-6-11-12(14)4-3-5-13(11)16/h3-5,14,17H,6-10H2,1-2H3. The van der Waals surface area contributed by atoms with Crippen LogP contribution in [0.5, 0.6) is 0 Å². The Bertz CT molecular complexity index is 456. The first kappa shape index (κ1) is 12.6. The van der Waals surface area contributed by atoms with Gasteiger partial charge in [0.15, 0.2) is 0 Å². The molecule has 1 saturated heterocycles. The van der Waals surface area contributed by atoms with Gasteiger partial charge in [0.05, 0.1) is 0 Å². The van der Waals surface area contributed by atoms with Gasteiger partial charge in [-0.1, -0.05) is 28.1 Å². The zero-order chi connectivity index (χ0) is 12.8. The minimum absolute atomic E-state index is 0.257. The molecular weight excluding hydrogens is 288 g/mol. The number of nitrogens with zero attached hydrogens (tertiary/aromatic N) is 1. The van der Waals surface area contributed by atoms with Crippen molar-refractivity contribution in [2.24, 2.45) is 0 Å². The van der Waals surface area contributed by atoms with E-state index < -0.39 is 0 Å². The van der Waals surface area contributed by atoms with E-state index in [1.165, 1.54) is 22.9 Å². The predicted molar refractivity (Wildman–Crippen MR) is 78.9 cm³/mol. The number of halogens is 1. The molecule has 0 saturated carbocycles. The molecule has 3 heteroatoms. The molecule has 98 valence electrons.